The van der Waals surface area contributed by atoms with Crippen molar-refractivity contribution >= 4 is 5.69 Å². The number of pyridine rings is 1. The van der Waals surface area contributed by atoms with Gasteiger partial charge in [0, 0.05) is 36.5 Å². The molecule has 0 spiro atoms. The molecule has 2 aromatic rings. The summed E-state index contributed by atoms with van der Waals surface area (Å²) >= 11 is 0. The molecule has 0 aliphatic carbocycles. The zero-order valence-corrected chi connectivity index (χ0v) is 17.1. The van der Waals surface area contributed by atoms with Crippen molar-refractivity contribution in [1.29, 1.82) is 0 Å². The van der Waals surface area contributed by atoms with Crippen LogP contribution in [-0.4, -0.2) is 44.0 Å². The minimum Gasteiger partial charge on any atom is -0.493 e. The molecule has 1 N–H and O–H groups in total. The molecule has 0 bridgehead atoms. The summed E-state index contributed by atoms with van der Waals surface area (Å²) in [6.07, 6.45) is 0.251. The molecule has 0 radical (unpaired) electrons. The number of ether oxygens (including phenoxy) is 3. The highest BCUT2D eigenvalue weighted by Crippen LogP contribution is 2.41. The van der Waals surface area contributed by atoms with Gasteiger partial charge in [-0.3, -0.25) is 4.79 Å². The Morgan fingerprint density at radius 2 is 2.10 bits per heavy atom. The quantitative estimate of drug-likeness (QED) is 0.737. The Morgan fingerprint density at radius 1 is 1.27 bits per heavy atom. The monoisotopic (exact) mass is 420 g/mol. The molecular weight excluding hydrogens is 394 g/mol. The number of nitrogens with one attached hydrogen (secondary N) is 1. The van der Waals surface area contributed by atoms with Gasteiger partial charge in [-0.15, -0.1) is 0 Å². The van der Waals surface area contributed by atoms with Gasteiger partial charge in [0.2, 0.25) is 0 Å². The van der Waals surface area contributed by atoms with Crippen LogP contribution in [0.15, 0.2) is 29.1 Å². The number of hydrogen-bond acceptors (Lipinski definition) is 5. The Balaban J connectivity index is 1.70. The second-order valence-electron chi connectivity index (χ2n) is 7.77. The molecule has 2 aliphatic rings. The smallest absolute Gasteiger partial charge is 0.272 e. The Labute approximate surface area is 173 Å². The fourth-order valence-electron chi connectivity index (χ4n) is 4.23. The maximum atomic E-state index is 12.9. The fourth-order valence-corrected chi connectivity index (χ4v) is 4.23. The molecule has 1 aromatic heterocycles. The molecule has 2 unspecified atom stereocenters. The maximum Gasteiger partial charge on any atom is 0.272 e. The molecule has 1 aromatic carbocycles. The van der Waals surface area contributed by atoms with Crippen molar-refractivity contribution in [3.8, 4) is 22.8 Å². The second-order valence-corrected chi connectivity index (χ2v) is 7.77. The van der Waals surface area contributed by atoms with Gasteiger partial charge in [0.05, 0.1) is 18.9 Å². The third-order valence-corrected chi connectivity index (χ3v) is 5.61. The summed E-state index contributed by atoms with van der Waals surface area (Å²) in [5, 5.41) is 3.32. The van der Waals surface area contributed by atoms with E-state index in [0.717, 1.165) is 42.0 Å². The average molecular weight is 420 g/mol. The molecule has 0 amide bonds. The van der Waals surface area contributed by atoms with Crippen molar-refractivity contribution in [2.75, 3.05) is 32.2 Å². The number of benzene rings is 1. The molecular formula is C22H26F2N2O4. The van der Waals surface area contributed by atoms with Gasteiger partial charge in [-0.25, -0.2) is 8.78 Å². The molecule has 162 valence electrons. The molecule has 6 nitrogen and oxygen atoms in total. The largest absolute Gasteiger partial charge is 0.493 e. The third kappa shape index (κ3) is 4.14. The molecule has 1 fully saturated rings. The molecule has 8 heteroatoms. The Kier molecular flexibility index (Phi) is 5.94. The molecule has 0 saturated carbocycles. The van der Waals surface area contributed by atoms with Crippen LogP contribution in [0.4, 0.5) is 14.5 Å². The second kappa shape index (κ2) is 8.63. The van der Waals surface area contributed by atoms with Crippen molar-refractivity contribution in [2.45, 2.75) is 44.8 Å². The number of nitrogens with zero attached hydrogens (tertiary/aromatic N) is 1. The number of alkyl halides is 2. The number of hydrogen-bond donors (Lipinski definition) is 1. The topological polar surface area (TPSA) is 61.7 Å². The average Bonchev–Trinajstić information content (AvgIpc) is 3.23. The molecule has 4 rings (SSSR count). The number of methoxy groups -OCH3 is 1. The minimum absolute atomic E-state index is 0.0661. The van der Waals surface area contributed by atoms with Gasteiger partial charge in [0.15, 0.2) is 11.5 Å². The van der Waals surface area contributed by atoms with Gasteiger partial charge < -0.3 is 24.1 Å². The summed E-state index contributed by atoms with van der Waals surface area (Å²) < 4.78 is 43.2. The Morgan fingerprint density at radius 3 is 2.80 bits per heavy atom. The number of rotatable bonds is 7. The lowest BCUT2D eigenvalue weighted by Gasteiger charge is -2.29. The SMILES string of the molecule is COc1cc2c(cc1OCC(F)F)CC(C)n1c-2cc(NCC2CCCO2)cc1=O. The van der Waals surface area contributed by atoms with E-state index in [1.807, 2.05) is 13.0 Å². The first-order chi connectivity index (χ1) is 14.5. The van der Waals surface area contributed by atoms with E-state index in [9.17, 15) is 13.6 Å². The lowest BCUT2D eigenvalue weighted by atomic mass is 9.92. The normalized spacial score (nSPS) is 20.0. The van der Waals surface area contributed by atoms with Crippen LogP contribution in [0.2, 0.25) is 0 Å². The lowest BCUT2D eigenvalue weighted by Crippen LogP contribution is -2.29. The highest BCUT2D eigenvalue weighted by atomic mass is 19.3. The van der Waals surface area contributed by atoms with Crippen LogP contribution >= 0.6 is 0 Å². The first kappa shape index (κ1) is 20.7. The molecule has 1 saturated heterocycles. The van der Waals surface area contributed by atoms with Crippen molar-refractivity contribution in [3.05, 3.63) is 40.2 Å². The molecule has 3 heterocycles. The summed E-state index contributed by atoms with van der Waals surface area (Å²) in [5.41, 5.74) is 3.19. The fraction of sp³-hybridized carbons (Fsp3) is 0.500. The predicted molar refractivity (Wildman–Crippen MR) is 110 cm³/mol. The van der Waals surface area contributed by atoms with E-state index < -0.39 is 13.0 Å². The van der Waals surface area contributed by atoms with E-state index in [-0.39, 0.29) is 23.5 Å². The Hall–Kier alpha value is -2.61. The van der Waals surface area contributed by atoms with Gasteiger partial charge in [-0.05, 0) is 49.9 Å². The van der Waals surface area contributed by atoms with Crippen molar-refractivity contribution < 1.29 is 23.0 Å². The van der Waals surface area contributed by atoms with Gasteiger partial charge >= 0.3 is 0 Å². The predicted octanol–water partition coefficient (Wildman–Crippen LogP) is 3.88. The first-order valence-corrected chi connectivity index (χ1v) is 10.2. The summed E-state index contributed by atoms with van der Waals surface area (Å²) in [7, 11) is 1.47. The van der Waals surface area contributed by atoms with Crippen molar-refractivity contribution in [3.63, 3.8) is 0 Å². The van der Waals surface area contributed by atoms with Crippen LogP contribution in [0.1, 0.15) is 31.4 Å². The van der Waals surface area contributed by atoms with E-state index in [2.05, 4.69) is 5.32 Å². The van der Waals surface area contributed by atoms with Gasteiger partial charge in [0.25, 0.3) is 12.0 Å². The van der Waals surface area contributed by atoms with Crippen LogP contribution in [0.25, 0.3) is 11.3 Å². The maximum absolute atomic E-state index is 12.9. The highest BCUT2D eigenvalue weighted by Gasteiger charge is 2.26. The lowest BCUT2D eigenvalue weighted by molar-refractivity contribution is 0.0804. The van der Waals surface area contributed by atoms with Crippen LogP contribution < -0.4 is 20.3 Å². The first-order valence-electron chi connectivity index (χ1n) is 10.2. The van der Waals surface area contributed by atoms with E-state index in [1.165, 1.54) is 7.11 Å². The standard InChI is InChI=1S/C22H26F2N2O4/c1-13-6-14-7-20(30-12-21(23)24)19(28-2)10-17(14)18-8-15(9-22(27)26(13)18)25-11-16-4-3-5-29-16/h7-10,13,16,21,25H,3-6,11-12H2,1-2H3. The van der Waals surface area contributed by atoms with Crippen molar-refractivity contribution in [1.82, 2.24) is 4.57 Å². The van der Waals surface area contributed by atoms with Gasteiger partial charge in [-0.2, -0.15) is 0 Å². The summed E-state index contributed by atoms with van der Waals surface area (Å²) in [5.74, 6) is 0.646. The van der Waals surface area contributed by atoms with Crippen LogP contribution in [0.5, 0.6) is 11.5 Å². The highest BCUT2D eigenvalue weighted by molar-refractivity contribution is 5.73. The van der Waals surface area contributed by atoms with E-state index in [1.54, 1.807) is 22.8 Å². The van der Waals surface area contributed by atoms with Gasteiger partial charge in [-0.1, -0.05) is 0 Å². The minimum atomic E-state index is -2.57. The number of aromatic nitrogens is 1. The third-order valence-electron chi connectivity index (χ3n) is 5.61. The zero-order chi connectivity index (χ0) is 21.3. The molecule has 30 heavy (non-hydrogen) atoms. The van der Waals surface area contributed by atoms with Crippen LogP contribution in [0, 0.1) is 0 Å². The molecule has 2 atom stereocenters. The summed E-state index contributed by atoms with van der Waals surface area (Å²) in [6.45, 7) is 2.70. The van der Waals surface area contributed by atoms with Crippen LogP contribution in [0.3, 0.4) is 0 Å². The van der Waals surface area contributed by atoms with E-state index >= 15 is 0 Å². The number of halogens is 2. The summed E-state index contributed by atoms with van der Waals surface area (Å²) in [6, 6.07) is 7.00. The Bertz CT molecular complexity index is 970. The zero-order valence-electron chi connectivity index (χ0n) is 17.1. The number of anilines is 1. The molecule has 2 aliphatic heterocycles. The number of fused-ring (bicyclic) bond motifs is 3. The van der Waals surface area contributed by atoms with E-state index in [4.69, 9.17) is 14.2 Å². The van der Waals surface area contributed by atoms with Crippen LogP contribution in [-0.2, 0) is 11.2 Å². The van der Waals surface area contributed by atoms with Crippen molar-refractivity contribution in [2.24, 2.45) is 0 Å². The van der Waals surface area contributed by atoms with E-state index in [0.29, 0.717) is 18.7 Å². The van der Waals surface area contributed by atoms with Gasteiger partial charge in [0.1, 0.15) is 6.61 Å². The summed E-state index contributed by atoms with van der Waals surface area (Å²) in [4.78, 5) is 12.9.